The van der Waals surface area contributed by atoms with Crippen LogP contribution in [0.2, 0.25) is 5.02 Å². The normalized spacial score (nSPS) is 20.2. The Labute approximate surface area is 119 Å². The lowest BCUT2D eigenvalue weighted by atomic mass is 10.0. The van der Waals surface area contributed by atoms with Crippen LogP contribution in [-0.2, 0) is 4.79 Å². The molecule has 0 radical (unpaired) electrons. The molecule has 1 unspecified atom stereocenters. The number of likely N-dealkylation sites (tertiary alicyclic amines) is 1. The number of hydrogen-bond donors (Lipinski definition) is 1. The Morgan fingerprint density at radius 1 is 1.53 bits per heavy atom. The number of piperidine rings is 1. The first-order valence-electron chi connectivity index (χ1n) is 6.84. The van der Waals surface area contributed by atoms with E-state index in [1.54, 1.807) is 12.1 Å². The lowest BCUT2D eigenvalue weighted by Gasteiger charge is -2.34. The first-order valence-corrected chi connectivity index (χ1v) is 7.22. The van der Waals surface area contributed by atoms with Gasteiger partial charge in [0.05, 0.1) is 11.6 Å². The highest BCUT2D eigenvalue weighted by Gasteiger charge is 2.22. The minimum Gasteiger partial charge on any atom is -0.310 e. The van der Waals surface area contributed by atoms with E-state index in [2.05, 4.69) is 22.1 Å². The fraction of sp³-hybridized carbons (Fsp3) is 0.571. The third-order valence-electron chi connectivity index (χ3n) is 3.56. The molecule has 1 aromatic rings. The minimum atomic E-state index is -0.00447. The second-order valence-electron chi connectivity index (χ2n) is 4.94. The van der Waals surface area contributed by atoms with Crippen LogP contribution in [0.25, 0.3) is 0 Å². The number of nitrogens with zero attached hydrogens (tertiary/aromatic N) is 2. The van der Waals surface area contributed by atoms with E-state index in [0.29, 0.717) is 23.4 Å². The van der Waals surface area contributed by atoms with Gasteiger partial charge in [0, 0.05) is 12.2 Å². The van der Waals surface area contributed by atoms with Crippen molar-refractivity contribution in [1.29, 1.82) is 0 Å². The summed E-state index contributed by atoms with van der Waals surface area (Å²) in [6.07, 6.45) is 6.29. The molecule has 1 N–H and O–H groups in total. The van der Waals surface area contributed by atoms with E-state index >= 15 is 0 Å². The average Bonchev–Trinajstić information content (AvgIpc) is 2.42. The van der Waals surface area contributed by atoms with Crippen LogP contribution in [0.1, 0.15) is 32.6 Å². The van der Waals surface area contributed by atoms with Crippen molar-refractivity contribution in [2.24, 2.45) is 0 Å². The molecule has 0 spiro atoms. The summed E-state index contributed by atoms with van der Waals surface area (Å²) in [5, 5.41) is 3.38. The van der Waals surface area contributed by atoms with Crippen molar-refractivity contribution in [3.63, 3.8) is 0 Å². The van der Waals surface area contributed by atoms with Gasteiger partial charge in [0.2, 0.25) is 5.91 Å². The monoisotopic (exact) mass is 281 g/mol. The van der Waals surface area contributed by atoms with E-state index in [1.165, 1.54) is 25.5 Å². The highest BCUT2D eigenvalue weighted by molar-refractivity contribution is 6.30. The molecule has 1 aliphatic heterocycles. The molecular weight excluding hydrogens is 262 g/mol. The molecule has 2 rings (SSSR count). The number of carbonyl (C=O) groups excluding carboxylic acids is 1. The van der Waals surface area contributed by atoms with Crippen LogP contribution in [0.15, 0.2) is 18.3 Å². The summed E-state index contributed by atoms with van der Waals surface area (Å²) in [6, 6.07) is 3.98. The fourth-order valence-electron chi connectivity index (χ4n) is 2.55. The second-order valence-corrected chi connectivity index (χ2v) is 5.37. The molecule has 4 nitrogen and oxygen atoms in total. The summed E-state index contributed by atoms with van der Waals surface area (Å²) < 4.78 is 0. The van der Waals surface area contributed by atoms with Crippen molar-refractivity contribution in [3.8, 4) is 0 Å². The molecule has 1 aliphatic rings. The third-order valence-corrected chi connectivity index (χ3v) is 3.79. The number of amides is 1. The van der Waals surface area contributed by atoms with Crippen LogP contribution in [0.4, 0.5) is 5.82 Å². The number of anilines is 1. The van der Waals surface area contributed by atoms with Gasteiger partial charge >= 0.3 is 0 Å². The molecule has 19 heavy (non-hydrogen) atoms. The molecule has 5 heteroatoms. The largest absolute Gasteiger partial charge is 0.310 e. The summed E-state index contributed by atoms with van der Waals surface area (Å²) >= 11 is 5.76. The van der Waals surface area contributed by atoms with Crippen molar-refractivity contribution in [3.05, 3.63) is 23.4 Å². The van der Waals surface area contributed by atoms with Crippen LogP contribution >= 0.6 is 11.6 Å². The van der Waals surface area contributed by atoms with Gasteiger partial charge in [0.1, 0.15) is 5.82 Å². The van der Waals surface area contributed by atoms with Gasteiger partial charge < -0.3 is 5.32 Å². The number of rotatable bonds is 4. The summed E-state index contributed by atoms with van der Waals surface area (Å²) in [5.74, 6) is 0.551. The highest BCUT2D eigenvalue weighted by Crippen LogP contribution is 2.19. The molecule has 104 valence electrons. The molecule has 2 heterocycles. The summed E-state index contributed by atoms with van der Waals surface area (Å²) in [5.41, 5.74) is 0. The molecule has 0 saturated carbocycles. The smallest absolute Gasteiger partial charge is 0.239 e. The lowest BCUT2D eigenvalue weighted by Crippen LogP contribution is -2.43. The van der Waals surface area contributed by atoms with Gasteiger partial charge in [-0.3, -0.25) is 9.69 Å². The first kappa shape index (κ1) is 14.3. The van der Waals surface area contributed by atoms with E-state index < -0.39 is 0 Å². The molecule has 1 aromatic heterocycles. The zero-order valence-corrected chi connectivity index (χ0v) is 12.0. The molecule has 0 bridgehead atoms. The molecule has 1 fully saturated rings. The Bertz CT molecular complexity index is 421. The number of pyridine rings is 1. The number of aromatic nitrogens is 1. The molecule has 1 atom stereocenters. The third kappa shape index (κ3) is 4.18. The molecule has 1 amide bonds. The lowest BCUT2D eigenvalue weighted by molar-refractivity contribution is -0.118. The van der Waals surface area contributed by atoms with Crippen LogP contribution < -0.4 is 5.32 Å². The van der Waals surface area contributed by atoms with Crippen molar-refractivity contribution < 1.29 is 4.79 Å². The minimum absolute atomic E-state index is 0.00447. The Morgan fingerprint density at radius 3 is 3.05 bits per heavy atom. The van der Waals surface area contributed by atoms with Crippen molar-refractivity contribution >= 4 is 23.3 Å². The van der Waals surface area contributed by atoms with Gasteiger partial charge in [-0.25, -0.2) is 4.98 Å². The van der Waals surface area contributed by atoms with Crippen molar-refractivity contribution in [2.45, 2.75) is 38.6 Å². The Hall–Kier alpha value is -1.13. The Morgan fingerprint density at radius 2 is 2.37 bits per heavy atom. The van der Waals surface area contributed by atoms with Gasteiger partial charge in [-0.05, 0) is 37.9 Å². The molecule has 1 saturated heterocycles. The number of halogens is 1. The Kier molecular flexibility index (Phi) is 5.16. The number of carbonyl (C=O) groups is 1. The van der Waals surface area contributed by atoms with E-state index in [0.717, 1.165) is 13.0 Å². The molecule has 0 aromatic carbocycles. The van der Waals surface area contributed by atoms with Gasteiger partial charge in [-0.15, -0.1) is 0 Å². The predicted octanol–water partition coefficient (Wildman–Crippen LogP) is 2.94. The van der Waals surface area contributed by atoms with Crippen molar-refractivity contribution in [2.75, 3.05) is 18.4 Å². The average molecular weight is 282 g/mol. The SMILES string of the molecule is CCC1CCCCN1CC(=O)Nc1ccc(Cl)cn1. The zero-order chi connectivity index (χ0) is 13.7. The van der Waals surface area contributed by atoms with E-state index in [4.69, 9.17) is 11.6 Å². The van der Waals surface area contributed by atoms with Crippen LogP contribution in [-0.4, -0.2) is 34.9 Å². The molecular formula is C14H20ClN3O. The van der Waals surface area contributed by atoms with Crippen LogP contribution in [0, 0.1) is 0 Å². The van der Waals surface area contributed by atoms with E-state index in [1.807, 2.05) is 0 Å². The topological polar surface area (TPSA) is 45.2 Å². The van der Waals surface area contributed by atoms with Crippen molar-refractivity contribution in [1.82, 2.24) is 9.88 Å². The zero-order valence-electron chi connectivity index (χ0n) is 11.2. The first-order chi connectivity index (χ1) is 9.19. The van der Waals surface area contributed by atoms with Gasteiger partial charge in [0.25, 0.3) is 0 Å². The summed E-state index contributed by atoms with van der Waals surface area (Å²) in [4.78, 5) is 18.3. The highest BCUT2D eigenvalue weighted by atomic mass is 35.5. The number of hydrogen-bond acceptors (Lipinski definition) is 3. The maximum absolute atomic E-state index is 12.0. The standard InChI is InChI=1S/C14H20ClN3O/c1-2-12-5-3-4-8-18(12)10-14(19)17-13-7-6-11(15)9-16-13/h6-7,9,12H,2-5,8,10H2,1H3,(H,16,17,19). The Balaban J connectivity index is 1.88. The maximum atomic E-state index is 12.0. The predicted molar refractivity (Wildman–Crippen MR) is 77.4 cm³/mol. The second kappa shape index (κ2) is 6.87. The van der Waals surface area contributed by atoms with Crippen LogP contribution in [0.3, 0.4) is 0 Å². The summed E-state index contributed by atoms with van der Waals surface area (Å²) in [6.45, 7) is 3.64. The number of nitrogens with one attached hydrogen (secondary N) is 1. The van der Waals surface area contributed by atoms with E-state index in [-0.39, 0.29) is 5.91 Å². The van der Waals surface area contributed by atoms with Crippen LogP contribution in [0.5, 0.6) is 0 Å². The fourth-order valence-corrected chi connectivity index (χ4v) is 2.66. The van der Waals surface area contributed by atoms with Gasteiger partial charge in [0.15, 0.2) is 0 Å². The maximum Gasteiger partial charge on any atom is 0.239 e. The van der Waals surface area contributed by atoms with Gasteiger partial charge in [-0.2, -0.15) is 0 Å². The van der Waals surface area contributed by atoms with E-state index in [9.17, 15) is 4.79 Å². The van der Waals surface area contributed by atoms with Gasteiger partial charge in [-0.1, -0.05) is 24.9 Å². The molecule has 0 aliphatic carbocycles. The quantitative estimate of drug-likeness (QED) is 0.923. The summed E-state index contributed by atoms with van der Waals surface area (Å²) in [7, 11) is 0.